The molecule has 0 atom stereocenters. The van der Waals surface area contributed by atoms with Gasteiger partial charge in [0.15, 0.2) is 0 Å². The van der Waals surface area contributed by atoms with Crippen LogP contribution in [0.3, 0.4) is 0 Å². The minimum Gasteiger partial charge on any atom is -0.299 e. The van der Waals surface area contributed by atoms with Gasteiger partial charge in [-0.2, -0.15) is 0 Å². The molecule has 0 saturated heterocycles. The predicted octanol–water partition coefficient (Wildman–Crippen LogP) is 40.9. The summed E-state index contributed by atoms with van der Waals surface area (Å²) in [4.78, 5) is 10.3. The molecule has 0 saturated carbocycles. The van der Waals surface area contributed by atoms with Gasteiger partial charge in [0.2, 0.25) is 0 Å². The number of hydrogen-bond acceptors (Lipinski definition) is 1. The van der Waals surface area contributed by atoms with Crippen molar-refractivity contribution < 1.29 is 4.79 Å². The first-order chi connectivity index (χ1) is 60.4. The Morgan fingerprint density at radius 1 is 0.256 bits per heavy atom. The van der Waals surface area contributed by atoms with Crippen molar-refractivity contribution in [2.24, 2.45) is 16.2 Å². The normalized spacial score (nSPS) is 17.8. The molecule has 0 aliphatic heterocycles. The van der Waals surface area contributed by atoms with Gasteiger partial charge in [-0.05, 0) is 322 Å². The molecule has 129 heavy (non-hydrogen) atoms. The Bertz CT molecular complexity index is 4700. The molecule has 0 unspecified atom stereocenters. The summed E-state index contributed by atoms with van der Waals surface area (Å²) in [6.45, 7) is 73.8. The highest BCUT2D eigenvalue weighted by atomic mass is 16.1. The molecule has 0 radical (unpaired) electrons. The van der Waals surface area contributed by atoms with E-state index < -0.39 is 0 Å². The molecule has 0 aromatic heterocycles. The van der Waals surface area contributed by atoms with Gasteiger partial charge in [0.05, 0.1) is 0 Å². The van der Waals surface area contributed by atoms with Gasteiger partial charge in [-0.25, -0.2) is 0 Å². The average Bonchev–Trinajstić information content (AvgIpc) is 0.832. The highest BCUT2D eigenvalue weighted by Crippen LogP contribution is 2.43. The fourth-order valence-electron chi connectivity index (χ4n) is 13.6. The van der Waals surface area contributed by atoms with Crippen LogP contribution in [0.15, 0.2) is 449 Å². The van der Waals surface area contributed by atoms with Crippen LogP contribution in [-0.4, -0.2) is 6.29 Å². The van der Waals surface area contributed by atoms with Crippen molar-refractivity contribution in [3.05, 3.63) is 449 Å². The Morgan fingerprint density at radius 3 is 0.721 bits per heavy atom. The molecule has 0 bridgehead atoms. The molecule has 0 fully saturated rings. The zero-order valence-corrected chi connectivity index (χ0v) is 87.6. The lowest BCUT2D eigenvalue weighted by molar-refractivity contribution is -0.104. The molecular formula is C128H184O. The van der Waals surface area contributed by atoms with Gasteiger partial charge >= 0.3 is 0 Å². The Balaban J connectivity index is -0.00000155. The summed E-state index contributed by atoms with van der Waals surface area (Å²) in [6, 6.07) is 0. The monoisotopic (exact) mass is 1740 g/mol. The van der Waals surface area contributed by atoms with Crippen molar-refractivity contribution in [3.8, 4) is 0 Å². The number of rotatable bonds is 38. The van der Waals surface area contributed by atoms with E-state index in [0.717, 1.165) is 37.5 Å². The van der Waals surface area contributed by atoms with Gasteiger partial charge < -0.3 is 0 Å². The number of hydrogen-bond donors (Lipinski definition) is 0. The summed E-state index contributed by atoms with van der Waals surface area (Å²) in [5.41, 5.74) is 34.2. The lowest BCUT2D eigenvalue weighted by Gasteiger charge is -2.33. The first-order valence-electron chi connectivity index (χ1n) is 47.3. The summed E-state index contributed by atoms with van der Waals surface area (Å²) in [7, 11) is 0. The van der Waals surface area contributed by atoms with Crippen molar-refractivity contribution in [1.82, 2.24) is 0 Å². The van der Waals surface area contributed by atoms with Crippen LogP contribution in [-0.2, 0) is 4.79 Å². The van der Waals surface area contributed by atoms with Gasteiger partial charge in [-0.3, -0.25) is 4.79 Å². The maximum Gasteiger partial charge on any atom is 0.143 e. The minimum atomic E-state index is 0. The third-order valence-corrected chi connectivity index (χ3v) is 22.0. The third kappa shape index (κ3) is 68.5. The van der Waals surface area contributed by atoms with Crippen molar-refractivity contribution in [2.75, 3.05) is 0 Å². The van der Waals surface area contributed by atoms with Crippen LogP contribution in [0.1, 0.15) is 326 Å². The molecule has 0 heterocycles. The molecule has 3 aliphatic carbocycles. The first-order valence-corrected chi connectivity index (χ1v) is 47.3. The second kappa shape index (κ2) is 73.6. The molecule has 1 heteroatoms. The topological polar surface area (TPSA) is 17.1 Å². The van der Waals surface area contributed by atoms with E-state index in [-0.39, 0.29) is 12.8 Å². The van der Waals surface area contributed by atoms with E-state index in [1.165, 1.54) is 180 Å². The summed E-state index contributed by atoms with van der Waals surface area (Å²) < 4.78 is 0. The summed E-state index contributed by atoms with van der Waals surface area (Å²) in [6.07, 6.45) is 126. The zero-order valence-electron chi connectivity index (χ0n) is 87.6. The second-order valence-corrected chi connectivity index (χ2v) is 37.7. The fraction of sp³-hybridized carbons (Fsp3) is 0.398. The molecule has 1 nitrogen and oxygen atoms in total. The quantitative estimate of drug-likeness (QED) is 0.0261. The largest absolute Gasteiger partial charge is 0.299 e. The summed E-state index contributed by atoms with van der Waals surface area (Å²) in [5.74, 6) is 0. The second-order valence-electron chi connectivity index (χ2n) is 37.7. The molecule has 0 amide bonds. The molecule has 0 spiro atoms. The molecular weight excluding hydrogens is 1550 g/mol. The van der Waals surface area contributed by atoms with Crippen LogP contribution in [0.25, 0.3) is 0 Å². The maximum absolute atomic E-state index is 10.3. The number of carbonyl (C=O) groups is 1. The van der Waals surface area contributed by atoms with Gasteiger partial charge in [0, 0.05) is 0 Å². The Labute approximate surface area is 797 Å². The Hall–Kier alpha value is -10.2. The standard InChI is InChI=1S/2C30H42.C27H38.C20H28O.C20H30.CH4/c1-9-24(2)19-20-26(4)15-11-10-14-25(3)16-12-17-27(5)21-22-29-28(6)18-13-23-30(29,7)8;1-25(2)15-11-19-27(5)17-9-10-18-28(6)21-13-23-30(8)24-14-22-29(7)20-12-16-26(3)4;1-8-14-24(4)16-9-10-17-25(5)19-12-21-27(7)22-13-20-26(6)18-11-15-23(2)3;1-16(8-6-9-17(2)13-15-21)11-12-19-18(3)10-7-14-20(19,4)5;1-7-16(2)10-8-11-17(3)13-14-19-18(4)12-9-15-20(19,5)6;/h9-12,14-17,19-22H,13,18,23H2,1-8H3;9-11,13-19,21-24H,12,20H2,1-8H3;8-10,12-17,19-22H,11,18H2,1-7H3;6,8-9,11-13,15H,7,10,14H2,1-5H3;7-8,10-11,13-14H,9,12,15H2,1-6H3;1H4/b11-10+,16-12+,20-19+,22-21+,24-9+,25-14+,26-15+,27-17+;10-9+,19-11+,21-13+,24-14+,27-17+,28-18+,29-22+,30-23+;10-9+,14-8+,19-12+,22-13+,24-16+,25-17+,26-20+,27-21+;9-6-,12-11+,16-8+,17-13+;10-8+,14-13+,16-7+,17-11+;. The first kappa shape index (κ1) is 123. The van der Waals surface area contributed by atoms with Crippen LogP contribution in [0.5, 0.6) is 0 Å². The number of carbonyl (C=O) groups excluding carboxylic acids is 1. The lowest BCUT2D eigenvalue weighted by atomic mass is 9.72. The van der Waals surface area contributed by atoms with Crippen LogP contribution in [0.4, 0.5) is 0 Å². The van der Waals surface area contributed by atoms with E-state index in [4.69, 9.17) is 0 Å². The van der Waals surface area contributed by atoms with Crippen molar-refractivity contribution in [3.63, 3.8) is 0 Å². The van der Waals surface area contributed by atoms with Gasteiger partial charge in [-0.15, -0.1) is 0 Å². The molecule has 0 aromatic rings. The zero-order chi connectivity index (χ0) is 96.9. The average molecular weight is 1740 g/mol. The highest BCUT2D eigenvalue weighted by Gasteiger charge is 2.28. The van der Waals surface area contributed by atoms with E-state index >= 15 is 0 Å². The maximum atomic E-state index is 10.3. The van der Waals surface area contributed by atoms with E-state index in [9.17, 15) is 4.79 Å². The minimum absolute atomic E-state index is 0. The van der Waals surface area contributed by atoms with Gasteiger partial charge in [0.1, 0.15) is 6.29 Å². The van der Waals surface area contributed by atoms with Crippen LogP contribution in [0.2, 0.25) is 0 Å². The Morgan fingerprint density at radius 2 is 0.473 bits per heavy atom. The van der Waals surface area contributed by atoms with Gasteiger partial charge in [0.25, 0.3) is 0 Å². The molecule has 0 aromatic carbocycles. The number of allylic oxidation sites excluding steroid dienone is 76. The predicted molar refractivity (Wildman–Crippen MR) is 594 cm³/mol. The van der Waals surface area contributed by atoms with Crippen molar-refractivity contribution >= 4 is 6.29 Å². The third-order valence-electron chi connectivity index (χ3n) is 22.0. The SMILES string of the molecule is C.C/C=C(C)/C=C/C(C)=C/C=C/C=C(C)/C=C/C=C(C)/C=C/C1=C(C)CCCC1(C)C.C/C=C(C)/C=C/C=C(C)/C=C/C1=C(C)CCCC1(C)C.C/C=C/C(C)=C/C=C/C=C(C)/C=C/C=C(C)/C=C/C=C(\C)CCC=C(C)C.CC(C)=C/C=C/C(C)=C/C=C/C=C(C)/C=C/C=C(C)/C=C/C=C(\C)CCC=C(C)C.CC1=C(/C=C/C(C)=C/C=C\C(C)=C\C=O)C(C)(C)CCC1. The van der Waals surface area contributed by atoms with Crippen LogP contribution in [0, 0.1) is 16.2 Å². The van der Waals surface area contributed by atoms with Crippen LogP contribution >= 0.6 is 0 Å². The Kier molecular flexibility index (Phi) is 70.1. The van der Waals surface area contributed by atoms with Crippen LogP contribution < -0.4 is 0 Å². The molecule has 3 aliphatic rings. The van der Waals surface area contributed by atoms with E-state index in [2.05, 4.69) is 507 Å². The van der Waals surface area contributed by atoms with E-state index in [0.29, 0.717) is 10.8 Å². The summed E-state index contributed by atoms with van der Waals surface area (Å²) >= 11 is 0. The highest BCUT2D eigenvalue weighted by molar-refractivity contribution is 5.67. The fourth-order valence-corrected chi connectivity index (χ4v) is 13.6. The van der Waals surface area contributed by atoms with E-state index in [1.54, 1.807) is 17.2 Å². The van der Waals surface area contributed by atoms with Crippen molar-refractivity contribution in [2.45, 2.75) is 326 Å². The van der Waals surface area contributed by atoms with E-state index in [1.807, 2.05) is 32.1 Å². The molecule has 0 N–H and O–H groups in total. The molecule has 3 rings (SSSR count). The smallest absolute Gasteiger partial charge is 0.143 e. The lowest BCUT2D eigenvalue weighted by Crippen LogP contribution is -2.19. The molecule has 702 valence electrons. The summed E-state index contributed by atoms with van der Waals surface area (Å²) in [5, 5.41) is 0. The van der Waals surface area contributed by atoms with Crippen molar-refractivity contribution in [1.29, 1.82) is 0 Å². The van der Waals surface area contributed by atoms with Gasteiger partial charge in [-0.1, -0.05) is 470 Å². The number of aldehydes is 1.